The summed E-state index contributed by atoms with van der Waals surface area (Å²) in [6.07, 6.45) is 0. The third-order valence-corrected chi connectivity index (χ3v) is 6.14. The number of nitrogens with zero attached hydrogens (tertiary/aromatic N) is 3. The van der Waals surface area contributed by atoms with Gasteiger partial charge in [0.05, 0.1) is 35.7 Å². The van der Waals surface area contributed by atoms with Crippen molar-refractivity contribution in [3.8, 4) is 11.3 Å². The molecule has 1 aliphatic rings. The summed E-state index contributed by atoms with van der Waals surface area (Å²) in [6, 6.07) is 20.9. The Morgan fingerprint density at radius 1 is 0.971 bits per heavy atom. The minimum Gasteiger partial charge on any atom is -0.378 e. The van der Waals surface area contributed by atoms with Crippen LogP contribution in [0.3, 0.4) is 0 Å². The number of aryl methyl sites for hydroxylation is 2. The summed E-state index contributed by atoms with van der Waals surface area (Å²) in [6.45, 7) is 4.76. The summed E-state index contributed by atoms with van der Waals surface area (Å²) < 4.78 is 6.88. The van der Waals surface area contributed by atoms with Crippen molar-refractivity contribution in [3.63, 3.8) is 0 Å². The lowest BCUT2D eigenvalue weighted by molar-refractivity contribution is 0.102. The molecular weight excluding hydrogens is 428 g/mol. The second-order valence-electron chi connectivity index (χ2n) is 8.47. The molecule has 4 aromatic rings. The van der Waals surface area contributed by atoms with Crippen LogP contribution in [0.2, 0.25) is 0 Å². The summed E-state index contributed by atoms with van der Waals surface area (Å²) in [5, 5.41) is 9.06. The first-order valence-corrected chi connectivity index (χ1v) is 11.3. The van der Waals surface area contributed by atoms with Crippen molar-refractivity contribution in [2.75, 3.05) is 36.5 Å². The average Bonchev–Trinajstić information content (AvgIpc) is 2.87. The molecule has 0 bridgehead atoms. The number of ether oxygens (including phenoxy) is 1. The van der Waals surface area contributed by atoms with Crippen molar-refractivity contribution < 1.29 is 9.53 Å². The maximum absolute atomic E-state index is 13.1. The first-order valence-electron chi connectivity index (χ1n) is 11.3. The zero-order valence-corrected chi connectivity index (χ0v) is 19.2. The normalized spacial score (nSPS) is 13.8. The highest BCUT2D eigenvalue weighted by molar-refractivity contribution is 6.06. The topological polar surface area (TPSA) is 76.5 Å². The van der Waals surface area contributed by atoms with Crippen LogP contribution in [0, 0.1) is 6.92 Å². The van der Waals surface area contributed by atoms with Gasteiger partial charge in [-0.25, -0.2) is 4.68 Å². The molecule has 7 nitrogen and oxygen atoms in total. The van der Waals surface area contributed by atoms with Gasteiger partial charge in [0.1, 0.15) is 0 Å². The lowest BCUT2D eigenvalue weighted by Crippen LogP contribution is -2.36. The van der Waals surface area contributed by atoms with Gasteiger partial charge in [0, 0.05) is 36.7 Å². The van der Waals surface area contributed by atoms with E-state index in [0.29, 0.717) is 35.5 Å². The van der Waals surface area contributed by atoms with E-state index in [1.165, 1.54) is 4.68 Å². The van der Waals surface area contributed by atoms with Crippen molar-refractivity contribution in [2.45, 2.75) is 6.92 Å². The van der Waals surface area contributed by atoms with Gasteiger partial charge in [-0.3, -0.25) is 9.59 Å². The van der Waals surface area contributed by atoms with Crippen LogP contribution in [0.25, 0.3) is 22.0 Å². The third-order valence-electron chi connectivity index (χ3n) is 6.14. The second kappa shape index (κ2) is 9.11. The molecule has 0 aliphatic carbocycles. The Kier molecular flexibility index (Phi) is 5.86. The molecule has 0 spiro atoms. The number of morpholine rings is 1. The predicted octanol–water partition coefficient (Wildman–Crippen LogP) is 4.00. The fourth-order valence-electron chi connectivity index (χ4n) is 4.28. The molecule has 0 atom stereocenters. The highest BCUT2D eigenvalue weighted by Gasteiger charge is 2.19. The first kappa shape index (κ1) is 21.9. The van der Waals surface area contributed by atoms with Crippen LogP contribution in [-0.4, -0.2) is 42.0 Å². The molecule has 1 aliphatic heterocycles. The Hall–Kier alpha value is -3.97. The quantitative estimate of drug-likeness (QED) is 0.505. The van der Waals surface area contributed by atoms with Crippen molar-refractivity contribution in [1.82, 2.24) is 9.78 Å². The van der Waals surface area contributed by atoms with Gasteiger partial charge in [-0.05, 0) is 37.3 Å². The number of nitrogens with one attached hydrogen (secondary N) is 1. The van der Waals surface area contributed by atoms with Gasteiger partial charge in [-0.15, -0.1) is 0 Å². The van der Waals surface area contributed by atoms with Gasteiger partial charge in [-0.2, -0.15) is 5.10 Å². The van der Waals surface area contributed by atoms with Crippen molar-refractivity contribution >= 4 is 28.1 Å². The lowest BCUT2D eigenvalue weighted by Gasteiger charge is -2.31. The number of hydrogen-bond donors (Lipinski definition) is 1. The zero-order chi connectivity index (χ0) is 23.7. The largest absolute Gasteiger partial charge is 0.378 e. The Morgan fingerprint density at radius 2 is 1.68 bits per heavy atom. The summed E-state index contributed by atoms with van der Waals surface area (Å²) >= 11 is 0. The number of benzene rings is 3. The molecule has 1 fully saturated rings. The van der Waals surface area contributed by atoms with Crippen LogP contribution in [0.5, 0.6) is 0 Å². The summed E-state index contributed by atoms with van der Waals surface area (Å²) in [5.41, 5.74) is 4.69. The molecule has 5 rings (SSSR count). The van der Waals surface area contributed by atoms with Crippen LogP contribution in [0.15, 0.2) is 71.5 Å². The number of fused-ring (bicyclic) bond motifs is 1. The number of carbonyl (C=O) groups excluding carboxylic acids is 1. The van der Waals surface area contributed by atoms with E-state index in [2.05, 4.69) is 15.3 Å². The van der Waals surface area contributed by atoms with Gasteiger partial charge >= 0.3 is 0 Å². The molecule has 0 unspecified atom stereocenters. The Morgan fingerprint density at radius 3 is 2.41 bits per heavy atom. The second-order valence-corrected chi connectivity index (χ2v) is 8.47. The number of amides is 1. The van der Waals surface area contributed by atoms with Crippen LogP contribution >= 0.6 is 0 Å². The molecule has 1 saturated heterocycles. The molecule has 7 heteroatoms. The van der Waals surface area contributed by atoms with E-state index in [1.807, 2.05) is 73.7 Å². The molecule has 1 N–H and O–H groups in total. The van der Waals surface area contributed by atoms with E-state index in [1.54, 1.807) is 7.05 Å². The Balaban J connectivity index is 1.61. The van der Waals surface area contributed by atoms with Crippen molar-refractivity contribution in [2.24, 2.45) is 7.05 Å². The predicted molar refractivity (Wildman–Crippen MR) is 135 cm³/mol. The smallest absolute Gasteiger partial charge is 0.274 e. The fourth-order valence-corrected chi connectivity index (χ4v) is 4.28. The molecule has 2 heterocycles. The molecule has 3 aromatic carbocycles. The molecule has 0 saturated carbocycles. The Labute approximate surface area is 197 Å². The van der Waals surface area contributed by atoms with E-state index in [-0.39, 0.29) is 11.5 Å². The van der Waals surface area contributed by atoms with Crippen LogP contribution in [0.1, 0.15) is 15.9 Å². The van der Waals surface area contributed by atoms with E-state index >= 15 is 0 Å². The number of rotatable bonds is 4. The fraction of sp³-hybridized carbons (Fsp3) is 0.222. The highest BCUT2D eigenvalue weighted by Crippen LogP contribution is 2.34. The molecule has 34 heavy (non-hydrogen) atoms. The summed E-state index contributed by atoms with van der Waals surface area (Å²) in [4.78, 5) is 27.9. The minimum atomic E-state index is -0.176. The number of anilines is 2. The van der Waals surface area contributed by atoms with Crippen molar-refractivity contribution in [1.29, 1.82) is 0 Å². The minimum absolute atomic E-state index is 0.141. The first-order chi connectivity index (χ1) is 16.5. The SMILES string of the molecule is Cc1ccc(C(=O)Nc2cc(-c3nn(C)c(=O)c4ccccc34)ccc2N2CCOCC2)cc1. The number of aromatic nitrogens is 2. The maximum atomic E-state index is 13.1. The monoisotopic (exact) mass is 454 g/mol. The molecule has 1 aromatic heterocycles. The van der Waals surface area contributed by atoms with Gasteiger partial charge in [0.25, 0.3) is 11.5 Å². The van der Waals surface area contributed by atoms with Gasteiger partial charge in [0.2, 0.25) is 0 Å². The highest BCUT2D eigenvalue weighted by atomic mass is 16.5. The van der Waals surface area contributed by atoms with Gasteiger partial charge in [-0.1, -0.05) is 42.0 Å². The number of carbonyl (C=O) groups is 1. The Bertz CT molecular complexity index is 1420. The molecule has 1 amide bonds. The van der Waals surface area contributed by atoms with E-state index in [4.69, 9.17) is 4.74 Å². The van der Waals surface area contributed by atoms with Crippen molar-refractivity contribution in [3.05, 3.63) is 88.2 Å². The van der Waals surface area contributed by atoms with E-state index in [9.17, 15) is 9.59 Å². The van der Waals surface area contributed by atoms with Gasteiger partial charge in [0.15, 0.2) is 0 Å². The summed E-state index contributed by atoms with van der Waals surface area (Å²) in [5.74, 6) is -0.176. The van der Waals surface area contributed by atoms with Gasteiger partial charge < -0.3 is 15.0 Å². The zero-order valence-electron chi connectivity index (χ0n) is 19.2. The summed E-state index contributed by atoms with van der Waals surface area (Å²) in [7, 11) is 1.65. The standard InChI is InChI=1S/C27H26N4O3/c1-18-7-9-19(10-8-18)26(32)28-23-17-20(11-12-24(23)31-13-15-34-16-14-31)25-21-5-3-4-6-22(21)27(33)30(2)29-25/h3-12,17H,13-16H2,1-2H3,(H,28,32). The lowest BCUT2D eigenvalue weighted by atomic mass is 10.0. The maximum Gasteiger partial charge on any atom is 0.274 e. The van der Waals surface area contributed by atoms with Crippen LogP contribution in [-0.2, 0) is 11.8 Å². The van der Waals surface area contributed by atoms with E-state index < -0.39 is 0 Å². The van der Waals surface area contributed by atoms with E-state index in [0.717, 1.165) is 35.3 Å². The molecule has 172 valence electrons. The van der Waals surface area contributed by atoms with Crippen LogP contribution in [0.4, 0.5) is 11.4 Å². The molecular formula is C27H26N4O3. The average molecular weight is 455 g/mol. The molecule has 0 radical (unpaired) electrons. The number of hydrogen-bond acceptors (Lipinski definition) is 5. The third kappa shape index (κ3) is 4.18. The van der Waals surface area contributed by atoms with Crippen LogP contribution < -0.4 is 15.8 Å².